The molecule has 0 aliphatic carbocycles. The van der Waals surface area contributed by atoms with Gasteiger partial charge in [0.15, 0.2) is 5.96 Å². The fraction of sp³-hybridized carbons (Fsp3) is 0.500. The van der Waals surface area contributed by atoms with E-state index in [2.05, 4.69) is 4.52 Å². The van der Waals surface area contributed by atoms with Crippen LogP contribution in [0.3, 0.4) is 0 Å². The van der Waals surface area contributed by atoms with Gasteiger partial charge < -0.3 is 16.6 Å². The van der Waals surface area contributed by atoms with Gasteiger partial charge in [0.25, 0.3) is 0 Å². The molecule has 0 amide bonds. The monoisotopic (exact) mass is 251 g/mol. The van der Waals surface area contributed by atoms with E-state index in [4.69, 9.17) is 20.9 Å². The van der Waals surface area contributed by atoms with E-state index in [1.54, 1.807) is 0 Å². The van der Waals surface area contributed by atoms with Crippen molar-refractivity contribution in [2.45, 2.75) is 0 Å². The summed E-state index contributed by atoms with van der Waals surface area (Å²) < 4.78 is 13.8. The van der Waals surface area contributed by atoms with Gasteiger partial charge in [0.05, 0.1) is 0 Å². The molecule has 0 bridgehead atoms. The van der Waals surface area contributed by atoms with Gasteiger partial charge in [-0.2, -0.15) is 0 Å². The fourth-order valence-corrected chi connectivity index (χ4v) is 0.763. The van der Waals surface area contributed by atoms with E-state index in [1.165, 1.54) is 7.05 Å². The number of likely N-dealkylation sites (N-methyl/N-ethyl adjacent to an activating group) is 1. The standard InChI is InChI=1S/C4H10N3O5P.K.H/c1-7(4(5)6)2-3(8)12-13(9,10)11;;/h2H2,1H3,(H3,5,6)(H2,9,10,11);;/q;+1;-1. The first-order valence-corrected chi connectivity index (χ1v) is 4.58. The Bertz CT molecular complexity index is 271. The van der Waals surface area contributed by atoms with Gasteiger partial charge in [-0.25, -0.2) is 9.36 Å². The summed E-state index contributed by atoms with van der Waals surface area (Å²) in [5, 5.41) is 6.83. The molecule has 0 aliphatic rings. The van der Waals surface area contributed by atoms with Crippen molar-refractivity contribution in [2.24, 2.45) is 5.73 Å². The Kier molecular flexibility index (Phi) is 8.36. The summed E-state index contributed by atoms with van der Waals surface area (Å²) in [6, 6.07) is 0. The maximum Gasteiger partial charge on any atom is 1.00 e. The minimum atomic E-state index is -4.80. The van der Waals surface area contributed by atoms with E-state index >= 15 is 0 Å². The topological polar surface area (TPSA) is 137 Å². The fourth-order valence-electron chi connectivity index (χ4n) is 0.440. The first-order valence-electron chi connectivity index (χ1n) is 3.05. The second kappa shape index (κ2) is 6.91. The molecule has 0 radical (unpaired) electrons. The Morgan fingerprint density at radius 2 is 2.14 bits per heavy atom. The SMILES string of the molecule is CN(CC(=O)OP(=O)(O)O)C(=N)N.[H-].[K+]. The normalized spacial score (nSPS) is 9.93. The zero-order valence-corrected chi connectivity index (χ0v) is 11.8. The first kappa shape index (κ1) is 16.9. The number of phosphoric ester groups is 1. The van der Waals surface area contributed by atoms with Crippen LogP contribution in [0.5, 0.6) is 0 Å². The van der Waals surface area contributed by atoms with Crippen molar-refractivity contribution >= 4 is 19.8 Å². The molecule has 0 aromatic rings. The molecule has 8 nitrogen and oxygen atoms in total. The minimum Gasteiger partial charge on any atom is -1.00 e. The van der Waals surface area contributed by atoms with Crippen LogP contribution in [0, 0.1) is 5.41 Å². The largest absolute Gasteiger partial charge is 1.00 e. The Hall–Kier alpha value is 0.526. The number of carbonyl (C=O) groups excluding carboxylic acids is 1. The second-order valence-electron chi connectivity index (χ2n) is 2.20. The number of carbonyl (C=O) groups is 1. The summed E-state index contributed by atoms with van der Waals surface area (Å²) in [5.74, 6) is -1.55. The van der Waals surface area contributed by atoms with Crippen molar-refractivity contribution in [1.82, 2.24) is 4.90 Å². The molecule has 78 valence electrons. The van der Waals surface area contributed by atoms with Crippen LogP contribution in [0.15, 0.2) is 0 Å². The number of nitrogens with one attached hydrogen (secondary N) is 1. The molecule has 0 saturated heterocycles. The van der Waals surface area contributed by atoms with E-state index < -0.39 is 26.3 Å². The summed E-state index contributed by atoms with van der Waals surface area (Å²) >= 11 is 0. The molecule has 0 aromatic heterocycles. The van der Waals surface area contributed by atoms with Gasteiger partial charge in [-0.05, 0) is 0 Å². The van der Waals surface area contributed by atoms with Crippen LogP contribution in [-0.2, 0) is 13.9 Å². The molecule has 0 fully saturated rings. The number of nitrogens with zero attached hydrogens (tertiary/aromatic N) is 1. The number of hydrogen-bond donors (Lipinski definition) is 4. The quantitative estimate of drug-likeness (QED) is 0.172. The van der Waals surface area contributed by atoms with Crippen LogP contribution in [0.25, 0.3) is 0 Å². The predicted octanol–water partition coefficient (Wildman–Crippen LogP) is -4.44. The van der Waals surface area contributed by atoms with Crippen molar-refractivity contribution in [3.8, 4) is 0 Å². The van der Waals surface area contributed by atoms with Gasteiger partial charge in [0.1, 0.15) is 6.54 Å². The average Bonchev–Trinajstić information content (AvgIpc) is 1.81. The molecule has 0 aromatic carbocycles. The van der Waals surface area contributed by atoms with Crippen LogP contribution in [0.2, 0.25) is 0 Å². The zero-order chi connectivity index (χ0) is 10.6. The van der Waals surface area contributed by atoms with E-state index in [0.29, 0.717) is 0 Å². The van der Waals surface area contributed by atoms with Crippen molar-refractivity contribution in [2.75, 3.05) is 13.6 Å². The maximum atomic E-state index is 10.7. The van der Waals surface area contributed by atoms with Crippen LogP contribution in [-0.4, -0.2) is 40.2 Å². The third-order valence-electron chi connectivity index (χ3n) is 0.998. The van der Waals surface area contributed by atoms with Gasteiger partial charge in [-0.1, -0.05) is 0 Å². The molecule has 0 atom stereocenters. The third-order valence-corrected chi connectivity index (χ3v) is 1.44. The van der Waals surface area contributed by atoms with E-state index in [9.17, 15) is 9.36 Å². The molecular weight excluding hydrogens is 240 g/mol. The van der Waals surface area contributed by atoms with Gasteiger partial charge in [-0.15, -0.1) is 0 Å². The van der Waals surface area contributed by atoms with Gasteiger partial charge in [0, 0.05) is 7.05 Å². The Morgan fingerprint density at radius 3 is 2.43 bits per heavy atom. The summed E-state index contributed by atoms with van der Waals surface area (Å²) in [5.41, 5.74) is 4.96. The van der Waals surface area contributed by atoms with Gasteiger partial charge in [0.2, 0.25) is 0 Å². The van der Waals surface area contributed by atoms with E-state index in [0.717, 1.165) is 4.90 Å². The van der Waals surface area contributed by atoms with Crippen molar-refractivity contribution in [3.05, 3.63) is 0 Å². The molecule has 10 heteroatoms. The molecular formula is C4H11KN3O5P. The van der Waals surface area contributed by atoms with Crippen LogP contribution in [0.1, 0.15) is 1.43 Å². The summed E-state index contributed by atoms with van der Waals surface area (Å²) in [6.07, 6.45) is 0. The molecule has 5 N–H and O–H groups in total. The average molecular weight is 251 g/mol. The Labute approximate surface area is 124 Å². The molecule has 14 heavy (non-hydrogen) atoms. The van der Waals surface area contributed by atoms with Gasteiger partial charge >= 0.3 is 65.2 Å². The molecule has 0 unspecified atom stereocenters. The second-order valence-corrected chi connectivity index (χ2v) is 3.36. The van der Waals surface area contributed by atoms with Crippen LogP contribution in [0.4, 0.5) is 0 Å². The minimum absolute atomic E-state index is 0. The maximum absolute atomic E-state index is 10.7. The smallest absolute Gasteiger partial charge is 1.00 e. The summed E-state index contributed by atoms with van der Waals surface area (Å²) in [6.45, 7) is -0.486. The van der Waals surface area contributed by atoms with Crippen LogP contribution >= 0.6 is 7.82 Å². The number of hydrogen-bond acceptors (Lipinski definition) is 4. The molecule has 0 spiro atoms. The third kappa shape index (κ3) is 9.10. The summed E-state index contributed by atoms with van der Waals surface area (Å²) in [4.78, 5) is 28.0. The number of guanidine groups is 1. The van der Waals surface area contributed by atoms with Crippen LogP contribution < -0.4 is 57.1 Å². The Morgan fingerprint density at radius 1 is 1.71 bits per heavy atom. The number of phosphoric acid groups is 1. The molecule has 0 rings (SSSR count). The van der Waals surface area contributed by atoms with Gasteiger partial charge in [-0.3, -0.25) is 15.2 Å². The predicted molar refractivity (Wildman–Crippen MR) is 43.8 cm³/mol. The Balaban J connectivity index is -0.000000720. The zero-order valence-electron chi connectivity index (χ0n) is 8.80. The van der Waals surface area contributed by atoms with Crippen molar-refractivity contribution in [3.63, 3.8) is 0 Å². The molecule has 0 saturated carbocycles. The van der Waals surface area contributed by atoms with E-state index in [-0.39, 0.29) is 52.8 Å². The molecule has 0 heterocycles. The van der Waals surface area contributed by atoms with Crippen molar-refractivity contribution < 1.29 is 76.5 Å². The number of rotatable bonds is 3. The van der Waals surface area contributed by atoms with E-state index in [1.807, 2.05) is 0 Å². The number of nitrogens with two attached hydrogens (primary N) is 1. The molecule has 0 aliphatic heterocycles. The van der Waals surface area contributed by atoms with Crippen molar-refractivity contribution in [1.29, 1.82) is 5.41 Å². The first-order chi connectivity index (χ1) is 5.72. The summed E-state index contributed by atoms with van der Waals surface area (Å²) in [7, 11) is -3.49.